The first kappa shape index (κ1) is 14.8. The van der Waals surface area contributed by atoms with E-state index in [2.05, 4.69) is 0 Å². The lowest BCUT2D eigenvalue weighted by atomic mass is 9.98. The van der Waals surface area contributed by atoms with Gasteiger partial charge in [0.2, 0.25) is 0 Å². The van der Waals surface area contributed by atoms with E-state index in [4.69, 9.17) is 15.2 Å². The van der Waals surface area contributed by atoms with Crippen molar-refractivity contribution >= 4 is 12.1 Å². The zero-order valence-electron chi connectivity index (χ0n) is 11.4. The third kappa shape index (κ3) is 3.87. The summed E-state index contributed by atoms with van der Waals surface area (Å²) in [5.41, 5.74) is 5.23. The van der Waals surface area contributed by atoms with Crippen LogP contribution in [0.1, 0.15) is 33.6 Å². The Morgan fingerprint density at radius 1 is 1.33 bits per heavy atom. The molecule has 0 unspecified atom stereocenters. The molecule has 1 saturated heterocycles. The fourth-order valence-corrected chi connectivity index (χ4v) is 1.89. The van der Waals surface area contributed by atoms with E-state index in [0.29, 0.717) is 19.4 Å². The van der Waals surface area contributed by atoms with Gasteiger partial charge in [0.15, 0.2) is 0 Å². The second kappa shape index (κ2) is 5.56. The van der Waals surface area contributed by atoms with Crippen molar-refractivity contribution in [3.63, 3.8) is 0 Å². The van der Waals surface area contributed by atoms with E-state index in [1.54, 1.807) is 20.8 Å². The Hall–Kier alpha value is -1.30. The van der Waals surface area contributed by atoms with E-state index in [1.807, 2.05) is 0 Å². The highest BCUT2D eigenvalue weighted by Crippen LogP contribution is 2.20. The van der Waals surface area contributed by atoms with Crippen LogP contribution in [0.4, 0.5) is 4.79 Å². The average Bonchev–Trinajstić information content (AvgIpc) is 2.25. The third-order valence-corrected chi connectivity index (χ3v) is 2.74. The van der Waals surface area contributed by atoms with Crippen LogP contribution < -0.4 is 5.73 Å². The molecule has 104 valence electrons. The number of rotatable bonds is 1. The summed E-state index contributed by atoms with van der Waals surface area (Å²) in [5.74, 6) is -0.448. The molecule has 0 aromatic carbocycles. The summed E-state index contributed by atoms with van der Waals surface area (Å²) in [6.07, 6.45) is 0.573. The number of esters is 1. The predicted octanol–water partition coefficient (Wildman–Crippen LogP) is 0.886. The number of amides is 1. The van der Waals surface area contributed by atoms with Crippen LogP contribution in [0.2, 0.25) is 0 Å². The smallest absolute Gasteiger partial charge is 0.411 e. The summed E-state index contributed by atoms with van der Waals surface area (Å²) >= 11 is 0. The average molecular weight is 258 g/mol. The number of carbonyl (C=O) groups excluding carboxylic acids is 2. The van der Waals surface area contributed by atoms with Crippen molar-refractivity contribution in [2.75, 3.05) is 13.7 Å². The second-order valence-corrected chi connectivity index (χ2v) is 5.50. The van der Waals surface area contributed by atoms with Gasteiger partial charge >= 0.3 is 12.1 Å². The van der Waals surface area contributed by atoms with Crippen molar-refractivity contribution in [2.45, 2.75) is 51.3 Å². The summed E-state index contributed by atoms with van der Waals surface area (Å²) < 4.78 is 9.98. The van der Waals surface area contributed by atoms with Crippen LogP contribution in [-0.2, 0) is 14.3 Å². The van der Waals surface area contributed by atoms with Gasteiger partial charge in [-0.1, -0.05) is 0 Å². The summed E-state index contributed by atoms with van der Waals surface area (Å²) in [4.78, 5) is 25.1. The summed E-state index contributed by atoms with van der Waals surface area (Å²) in [7, 11) is 1.30. The van der Waals surface area contributed by atoms with E-state index < -0.39 is 23.7 Å². The fourth-order valence-electron chi connectivity index (χ4n) is 1.89. The SMILES string of the molecule is COC(=O)[C@H]1C[C@H](N)CCN1C(=O)OC(C)(C)C. The zero-order chi connectivity index (χ0) is 13.9. The number of methoxy groups -OCH3 is 1. The van der Waals surface area contributed by atoms with Gasteiger partial charge in [-0.05, 0) is 33.6 Å². The van der Waals surface area contributed by atoms with Crippen molar-refractivity contribution in [1.82, 2.24) is 4.90 Å². The molecule has 1 rings (SSSR count). The zero-order valence-corrected chi connectivity index (χ0v) is 11.4. The van der Waals surface area contributed by atoms with Gasteiger partial charge in [-0.25, -0.2) is 9.59 Å². The maximum Gasteiger partial charge on any atom is 0.411 e. The highest BCUT2D eigenvalue weighted by Gasteiger charge is 2.37. The van der Waals surface area contributed by atoms with Crippen molar-refractivity contribution < 1.29 is 19.1 Å². The number of likely N-dealkylation sites (tertiary alicyclic amines) is 1. The molecule has 1 fully saturated rings. The maximum absolute atomic E-state index is 12.0. The molecule has 2 atom stereocenters. The lowest BCUT2D eigenvalue weighted by Crippen LogP contribution is -2.54. The van der Waals surface area contributed by atoms with Gasteiger partial charge in [0.25, 0.3) is 0 Å². The standard InChI is InChI=1S/C12H22N2O4/c1-12(2,3)18-11(16)14-6-5-8(13)7-9(14)10(15)17-4/h8-9H,5-7,13H2,1-4H3/t8-,9-/m1/s1. The number of hydrogen-bond donors (Lipinski definition) is 1. The van der Waals surface area contributed by atoms with E-state index >= 15 is 0 Å². The molecule has 0 aromatic heterocycles. The van der Waals surface area contributed by atoms with Crippen molar-refractivity contribution in [3.05, 3.63) is 0 Å². The first-order chi connectivity index (χ1) is 8.24. The Morgan fingerprint density at radius 3 is 2.44 bits per heavy atom. The van der Waals surface area contributed by atoms with Gasteiger partial charge in [0.05, 0.1) is 7.11 Å². The number of carbonyl (C=O) groups is 2. The van der Waals surface area contributed by atoms with Crippen molar-refractivity contribution in [2.24, 2.45) is 5.73 Å². The Kier molecular flexibility index (Phi) is 4.56. The van der Waals surface area contributed by atoms with Gasteiger partial charge in [0, 0.05) is 12.6 Å². The van der Waals surface area contributed by atoms with Gasteiger partial charge in [0.1, 0.15) is 11.6 Å². The first-order valence-corrected chi connectivity index (χ1v) is 6.07. The monoisotopic (exact) mass is 258 g/mol. The lowest BCUT2D eigenvalue weighted by molar-refractivity contribution is -0.148. The van der Waals surface area contributed by atoms with Crippen molar-refractivity contribution in [3.8, 4) is 0 Å². The Morgan fingerprint density at radius 2 is 1.94 bits per heavy atom. The Balaban J connectivity index is 2.77. The second-order valence-electron chi connectivity index (χ2n) is 5.50. The molecule has 0 bridgehead atoms. The van der Waals surface area contributed by atoms with Gasteiger partial charge in [-0.3, -0.25) is 4.90 Å². The Bertz CT molecular complexity index is 325. The van der Waals surface area contributed by atoms with Crippen LogP contribution in [0.25, 0.3) is 0 Å². The highest BCUT2D eigenvalue weighted by molar-refractivity contribution is 5.81. The van der Waals surface area contributed by atoms with Gasteiger partial charge < -0.3 is 15.2 Å². The van der Waals surface area contributed by atoms with E-state index in [0.717, 1.165) is 0 Å². The molecule has 0 aliphatic carbocycles. The molecular weight excluding hydrogens is 236 g/mol. The molecule has 0 aromatic rings. The predicted molar refractivity (Wildman–Crippen MR) is 66.0 cm³/mol. The van der Waals surface area contributed by atoms with Crippen LogP contribution >= 0.6 is 0 Å². The molecule has 1 aliphatic rings. The molecular formula is C12H22N2O4. The molecule has 0 spiro atoms. The van der Waals surface area contributed by atoms with Crippen LogP contribution in [0.5, 0.6) is 0 Å². The number of nitrogens with zero attached hydrogens (tertiary/aromatic N) is 1. The minimum absolute atomic E-state index is 0.0900. The fraction of sp³-hybridized carbons (Fsp3) is 0.833. The normalized spacial score (nSPS) is 24.6. The number of hydrogen-bond acceptors (Lipinski definition) is 5. The molecule has 18 heavy (non-hydrogen) atoms. The largest absolute Gasteiger partial charge is 0.467 e. The first-order valence-electron chi connectivity index (χ1n) is 6.07. The maximum atomic E-state index is 12.0. The summed E-state index contributed by atoms with van der Waals surface area (Å²) in [5, 5.41) is 0. The number of piperidine rings is 1. The number of ether oxygens (including phenoxy) is 2. The highest BCUT2D eigenvalue weighted by atomic mass is 16.6. The molecule has 1 aliphatic heterocycles. The van der Waals surface area contributed by atoms with Crippen LogP contribution in [0.15, 0.2) is 0 Å². The lowest BCUT2D eigenvalue weighted by Gasteiger charge is -2.37. The minimum Gasteiger partial charge on any atom is -0.467 e. The number of nitrogens with two attached hydrogens (primary N) is 1. The topological polar surface area (TPSA) is 81.9 Å². The molecule has 1 amide bonds. The third-order valence-electron chi connectivity index (χ3n) is 2.74. The van der Waals surface area contributed by atoms with E-state index in [-0.39, 0.29) is 6.04 Å². The summed E-state index contributed by atoms with van der Waals surface area (Å²) in [6.45, 7) is 5.77. The molecule has 6 heteroatoms. The quantitative estimate of drug-likeness (QED) is 0.706. The van der Waals surface area contributed by atoms with Gasteiger partial charge in [-0.2, -0.15) is 0 Å². The van der Waals surface area contributed by atoms with Crippen LogP contribution in [0, 0.1) is 0 Å². The molecule has 2 N–H and O–H groups in total. The van der Waals surface area contributed by atoms with Crippen molar-refractivity contribution in [1.29, 1.82) is 0 Å². The van der Waals surface area contributed by atoms with E-state index in [9.17, 15) is 9.59 Å². The minimum atomic E-state index is -0.645. The molecule has 1 heterocycles. The van der Waals surface area contributed by atoms with E-state index in [1.165, 1.54) is 12.0 Å². The Labute approximate surface area is 107 Å². The molecule has 0 radical (unpaired) electrons. The van der Waals surface area contributed by atoms with Crippen LogP contribution in [0.3, 0.4) is 0 Å². The molecule has 6 nitrogen and oxygen atoms in total. The summed E-state index contributed by atoms with van der Waals surface area (Å²) in [6, 6.07) is -0.735. The van der Waals surface area contributed by atoms with Gasteiger partial charge in [-0.15, -0.1) is 0 Å². The van der Waals surface area contributed by atoms with Crippen LogP contribution in [-0.4, -0.2) is 48.3 Å². The molecule has 0 saturated carbocycles.